The summed E-state index contributed by atoms with van der Waals surface area (Å²) in [6.45, 7) is 2.88. The minimum atomic E-state index is -4.24. The van der Waals surface area contributed by atoms with Gasteiger partial charge in [0, 0.05) is 30.9 Å². The Morgan fingerprint density at radius 1 is 0.769 bits per heavy atom. The number of halogens is 4. The van der Waals surface area contributed by atoms with Gasteiger partial charge in [-0.05, 0) is 24.5 Å². The summed E-state index contributed by atoms with van der Waals surface area (Å²) >= 11 is 0. The largest absolute Gasteiger partial charge is 0.748 e. The van der Waals surface area contributed by atoms with E-state index in [1.807, 2.05) is 0 Å². The Morgan fingerprint density at radius 2 is 1.31 bits per heavy atom. The van der Waals surface area contributed by atoms with Crippen LogP contribution < -0.4 is 9.88 Å². The molecular formula is C29H40F4N2O3S. The molecule has 0 radical (unpaired) electrons. The van der Waals surface area contributed by atoms with Crippen molar-refractivity contribution in [3.05, 3.63) is 58.9 Å². The summed E-state index contributed by atoms with van der Waals surface area (Å²) in [6, 6.07) is 3.26. The van der Waals surface area contributed by atoms with Crippen molar-refractivity contribution >= 4 is 28.0 Å². The minimum absolute atomic E-state index is 0.217. The van der Waals surface area contributed by atoms with Crippen molar-refractivity contribution in [1.29, 1.82) is 0 Å². The molecule has 0 bridgehead atoms. The third-order valence-corrected chi connectivity index (χ3v) is 7.34. The molecule has 10 heteroatoms. The topological polar surface area (TPSA) is 73.1 Å². The highest BCUT2D eigenvalue weighted by molar-refractivity contribution is 7.85. The van der Waals surface area contributed by atoms with Crippen LogP contribution in [0.1, 0.15) is 95.1 Å². The van der Waals surface area contributed by atoms with Gasteiger partial charge in [-0.3, -0.25) is 0 Å². The smallest absolute Gasteiger partial charge is 0.185 e. The number of nitrogens with one attached hydrogen (secondary N) is 1. The number of benzene rings is 1. The Morgan fingerprint density at radius 3 is 1.85 bits per heavy atom. The molecule has 1 aromatic carbocycles. The van der Waals surface area contributed by atoms with Crippen molar-refractivity contribution in [3.8, 4) is 0 Å². The average molecular weight is 573 g/mol. The summed E-state index contributed by atoms with van der Waals surface area (Å²) in [5.74, 6) is -6.25. The highest BCUT2D eigenvalue weighted by atomic mass is 32.2. The zero-order valence-corrected chi connectivity index (χ0v) is 23.5. The quantitative estimate of drug-likeness (QED) is 0.0628. The number of unbranched alkanes of at least 4 members (excludes halogenated alkanes) is 10. The van der Waals surface area contributed by atoms with Crippen LogP contribution in [0.15, 0.2) is 24.5 Å². The summed E-state index contributed by atoms with van der Waals surface area (Å²) in [5, 5.41) is 2.52. The molecule has 0 unspecified atom stereocenters. The van der Waals surface area contributed by atoms with Gasteiger partial charge in [0.15, 0.2) is 35.7 Å². The van der Waals surface area contributed by atoms with E-state index in [0.717, 1.165) is 25.3 Å². The van der Waals surface area contributed by atoms with Gasteiger partial charge in [0.1, 0.15) is 12.2 Å². The van der Waals surface area contributed by atoms with E-state index < -0.39 is 50.4 Å². The third kappa shape index (κ3) is 12.1. The van der Waals surface area contributed by atoms with Crippen LogP contribution in [0.4, 0.5) is 23.2 Å². The second-order valence-corrected chi connectivity index (χ2v) is 11.3. The number of anilines is 1. The molecule has 0 saturated carbocycles. The van der Waals surface area contributed by atoms with Crippen molar-refractivity contribution in [2.75, 3.05) is 17.6 Å². The lowest BCUT2D eigenvalue weighted by Gasteiger charge is -2.12. The number of pyridine rings is 1. The Bertz CT molecular complexity index is 1130. The Hall–Kier alpha value is -2.46. The summed E-state index contributed by atoms with van der Waals surface area (Å²) in [4.78, 5) is 0. The van der Waals surface area contributed by atoms with Gasteiger partial charge >= 0.3 is 0 Å². The van der Waals surface area contributed by atoms with Gasteiger partial charge in [-0.2, -0.15) is 0 Å². The van der Waals surface area contributed by atoms with Gasteiger partial charge in [0.2, 0.25) is 0 Å². The number of rotatable bonds is 19. The lowest BCUT2D eigenvalue weighted by Crippen LogP contribution is -2.32. The minimum Gasteiger partial charge on any atom is -0.748 e. The number of aromatic nitrogens is 1. The van der Waals surface area contributed by atoms with Crippen LogP contribution in [0.3, 0.4) is 0 Å². The molecule has 1 N–H and O–H groups in total. The highest BCUT2D eigenvalue weighted by Gasteiger charge is 2.24. The van der Waals surface area contributed by atoms with Crippen molar-refractivity contribution in [1.82, 2.24) is 0 Å². The Balaban J connectivity index is 1.85. The highest BCUT2D eigenvalue weighted by Crippen LogP contribution is 2.29. The first-order valence-corrected chi connectivity index (χ1v) is 15.4. The number of aryl methyl sites for hydroxylation is 1. The fourth-order valence-corrected chi connectivity index (χ4v) is 4.82. The maximum atomic E-state index is 14.6. The molecule has 1 heterocycles. The summed E-state index contributed by atoms with van der Waals surface area (Å²) in [6.07, 6.45) is 17.4. The Kier molecular flexibility index (Phi) is 14.5. The van der Waals surface area contributed by atoms with Crippen molar-refractivity contribution < 1.29 is 35.1 Å². The van der Waals surface area contributed by atoms with Crippen molar-refractivity contribution in [2.24, 2.45) is 0 Å². The van der Waals surface area contributed by atoms with E-state index >= 15 is 0 Å². The predicted molar refractivity (Wildman–Crippen MR) is 146 cm³/mol. The van der Waals surface area contributed by atoms with Crippen molar-refractivity contribution in [3.63, 3.8) is 0 Å². The molecule has 1 aromatic heterocycles. The summed E-state index contributed by atoms with van der Waals surface area (Å²) in [5.41, 5.74) is -1.05. The van der Waals surface area contributed by atoms with Gasteiger partial charge in [-0.25, -0.2) is 30.5 Å². The lowest BCUT2D eigenvalue weighted by atomic mass is 10.1. The molecule has 0 aliphatic rings. The fourth-order valence-electron chi connectivity index (χ4n) is 4.26. The first kappa shape index (κ1) is 32.8. The molecule has 0 aliphatic heterocycles. The van der Waals surface area contributed by atoms with Gasteiger partial charge < -0.3 is 9.87 Å². The molecule has 0 atom stereocenters. The van der Waals surface area contributed by atoms with Crippen LogP contribution >= 0.6 is 0 Å². The molecule has 39 heavy (non-hydrogen) atoms. The second-order valence-electron chi connectivity index (χ2n) is 9.82. The molecule has 0 fully saturated rings. The average Bonchev–Trinajstić information content (AvgIpc) is 2.90. The van der Waals surface area contributed by atoms with E-state index in [2.05, 4.69) is 12.2 Å². The van der Waals surface area contributed by atoms with E-state index in [1.165, 1.54) is 44.6 Å². The van der Waals surface area contributed by atoms with Gasteiger partial charge in [0.25, 0.3) is 0 Å². The Labute approximate surface area is 230 Å². The third-order valence-electron chi connectivity index (χ3n) is 6.55. The van der Waals surface area contributed by atoms with Crippen LogP contribution in [0.5, 0.6) is 0 Å². The fraction of sp³-hybridized carbons (Fsp3) is 0.552. The summed E-state index contributed by atoms with van der Waals surface area (Å²) in [7, 11) is -4.24. The lowest BCUT2D eigenvalue weighted by molar-refractivity contribution is -0.697. The van der Waals surface area contributed by atoms with Crippen LogP contribution in [-0.4, -0.2) is 25.3 Å². The first-order chi connectivity index (χ1) is 18.6. The van der Waals surface area contributed by atoms with E-state index in [1.54, 1.807) is 29.1 Å². The first-order valence-electron chi connectivity index (χ1n) is 13.8. The molecule has 0 aliphatic carbocycles. The molecule has 0 spiro atoms. The number of hydrogen-bond donors (Lipinski definition) is 1. The second kappa shape index (κ2) is 17.3. The van der Waals surface area contributed by atoms with Gasteiger partial charge in [-0.1, -0.05) is 70.8 Å². The molecule has 218 valence electrons. The van der Waals surface area contributed by atoms with Gasteiger partial charge in [0.05, 0.1) is 15.7 Å². The maximum absolute atomic E-state index is 14.6. The van der Waals surface area contributed by atoms with E-state index in [4.69, 9.17) is 0 Å². The number of nitrogens with zero attached hydrogens (tertiary/aromatic N) is 1. The van der Waals surface area contributed by atoms with Crippen molar-refractivity contribution in [2.45, 2.75) is 90.5 Å². The van der Waals surface area contributed by atoms with E-state index in [0.29, 0.717) is 24.9 Å². The monoisotopic (exact) mass is 572 g/mol. The molecule has 0 amide bonds. The molecular weight excluding hydrogens is 532 g/mol. The molecule has 5 nitrogen and oxygen atoms in total. The zero-order valence-electron chi connectivity index (χ0n) is 22.7. The van der Waals surface area contributed by atoms with Crippen LogP contribution in [-0.2, 0) is 16.7 Å². The van der Waals surface area contributed by atoms with Crippen LogP contribution in [0.25, 0.3) is 12.2 Å². The van der Waals surface area contributed by atoms with E-state index in [-0.39, 0.29) is 13.0 Å². The van der Waals surface area contributed by atoms with Gasteiger partial charge in [-0.15, -0.1) is 0 Å². The van der Waals surface area contributed by atoms with E-state index in [9.17, 15) is 30.5 Å². The van der Waals surface area contributed by atoms with Crippen LogP contribution in [0.2, 0.25) is 0 Å². The van der Waals surface area contributed by atoms with Crippen LogP contribution in [0, 0.1) is 23.3 Å². The molecule has 2 rings (SSSR count). The number of hydrogen-bond acceptors (Lipinski definition) is 4. The summed E-state index contributed by atoms with van der Waals surface area (Å²) < 4.78 is 92.0. The molecule has 2 aromatic rings. The zero-order chi connectivity index (χ0) is 28.7. The maximum Gasteiger partial charge on any atom is 0.185 e. The predicted octanol–water partition coefficient (Wildman–Crippen LogP) is 7.36. The normalized spacial score (nSPS) is 11.9. The standard InChI is InChI=1S/C29H40F4N2O3S/c1-2-3-4-5-6-7-8-9-10-11-18-34-29-27(32)25(30)24(26(31)28(29)33)15-14-23-16-20-35(21-17-23)19-12-13-22-39(36,37)38/h14-17,20-21H,2-13,18-19,22H2,1H3,(H,36,37,38). The molecule has 0 saturated heterocycles. The SMILES string of the molecule is CCCCCCCCCCCCNc1c(F)c(F)c(C=Cc2cc[n+](CCCCS(=O)(=O)[O-])cc2)c(F)c1F.